The molecule has 0 saturated heterocycles. The molecule has 5 heteroatoms. The average molecular weight is 265 g/mol. The first kappa shape index (κ1) is 10.5. The van der Waals surface area contributed by atoms with Gasteiger partial charge in [0.05, 0.1) is 0 Å². The van der Waals surface area contributed by atoms with E-state index in [0.717, 1.165) is 10.0 Å². The molecule has 0 unspecified atom stereocenters. The van der Waals surface area contributed by atoms with E-state index in [1.165, 1.54) is 0 Å². The number of benzene rings is 1. The summed E-state index contributed by atoms with van der Waals surface area (Å²) in [5.41, 5.74) is 0.865. The fourth-order valence-corrected chi connectivity index (χ4v) is 1.59. The summed E-state index contributed by atoms with van der Waals surface area (Å²) in [7, 11) is 0. The number of nitro groups is 1. The lowest BCUT2D eigenvalue weighted by Crippen LogP contribution is -2.04. The average Bonchev–Trinajstić information content (AvgIpc) is 2.06. The van der Waals surface area contributed by atoms with Crippen molar-refractivity contribution in [3.63, 3.8) is 0 Å². The Labute approximate surface area is 89.0 Å². The number of rotatable bonds is 3. The smallest absolute Gasteiger partial charge is 0.207 e. The van der Waals surface area contributed by atoms with Crippen LogP contribution in [0, 0.1) is 10.1 Å². The van der Waals surface area contributed by atoms with Gasteiger partial charge < -0.3 is 0 Å². The van der Waals surface area contributed by atoms with E-state index in [-0.39, 0.29) is 11.5 Å². The predicted molar refractivity (Wildman–Crippen MR) is 54.7 cm³/mol. The third-order valence-electron chi connectivity index (χ3n) is 1.57. The summed E-state index contributed by atoms with van der Waals surface area (Å²) in [6.07, 6.45) is 0.397. The normalized spacial score (nSPS) is 10.0. The van der Waals surface area contributed by atoms with Crippen molar-refractivity contribution in [2.24, 2.45) is 0 Å². The van der Waals surface area contributed by atoms with Crippen LogP contribution in [0.3, 0.4) is 0 Å². The lowest BCUT2D eigenvalue weighted by Gasteiger charge is -2.01. The van der Waals surface area contributed by atoms with Crippen molar-refractivity contribution in [1.29, 1.82) is 0 Å². The number of nitrogens with zero attached hydrogens (tertiary/aromatic N) is 1. The Hall–Kier alpha value is -0.610. The molecule has 0 bridgehead atoms. The lowest BCUT2D eigenvalue weighted by atomic mass is 10.1. The van der Waals surface area contributed by atoms with Gasteiger partial charge in [0.25, 0.3) is 0 Å². The molecule has 0 aliphatic carbocycles. The highest BCUT2D eigenvalue weighted by molar-refractivity contribution is 9.10. The maximum Gasteiger partial charge on any atom is 0.207 e. The molecule has 13 heavy (non-hydrogen) atoms. The number of hydrogen-bond acceptors (Lipinski definition) is 2. The molecule has 0 N–H and O–H groups in total. The SMILES string of the molecule is O=[N+]([O-])CCc1cc(Cl)ccc1Br. The fraction of sp³-hybridized carbons (Fsp3) is 0.250. The predicted octanol–water partition coefficient (Wildman–Crippen LogP) is 2.92. The van der Waals surface area contributed by atoms with Gasteiger partial charge in [0.15, 0.2) is 0 Å². The van der Waals surface area contributed by atoms with Crippen LogP contribution in [0.5, 0.6) is 0 Å². The molecule has 0 spiro atoms. The molecular formula is C8H7BrClNO2. The second-order valence-electron chi connectivity index (χ2n) is 2.54. The van der Waals surface area contributed by atoms with Gasteiger partial charge in [-0.25, -0.2) is 0 Å². The van der Waals surface area contributed by atoms with Crippen molar-refractivity contribution < 1.29 is 4.92 Å². The Morgan fingerprint density at radius 1 is 1.54 bits per heavy atom. The lowest BCUT2D eigenvalue weighted by molar-refractivity contribution is -0.479. The molecule has 1 rings (SSSR count). The van der Waals surface area contributed by atoms with Gasteiger partial charge in [-0.05, 0) is 23.8 Å². The van der Waals surface area contributed by atoms with Gasteiger partial charge in [0.2, 0.25) is 6.54 Å². The maximum absolute atomic E-state index is 10.1. The minimum Gasteiger partial charge on any atom is -0.265 e. The van der Waals surface area contributed by atoms with E-state index < -0.39 is 0 Å². The summed E-state index contributed by atoms with van der Waals surface area (Å²) in [6, 6.07) is 5.26. The number of halogens is 2. The van der Waals surface area contributed by atoms with Crippen LogP contribution in [0.1, 0.15) is 5.56 Å². The van der Waals surface area contributed by atoms with Gasteiger partial charge in [-0.1, -0.05) is 27.5 Å². The molecule has 0 amide bonds. The number of hydrogen-bond donors (Lipinski definition) is 0. The molecule has 0 aliphatic rings. The summed E-state index contributed by atoms with van der Waals surface area (Å²) in [5, 5.41) is 10.7. The van der Waals surface area contributed by atoms with Crippen LogP contribution >= 0.6 is 27.5 Å². The van der Waals surface area contributed by atoms with E-state index >= 15 is 0 Å². The zero-order chi connectivity index (χ0) is 9.84. The van der Waals surface area contributed by atoms with Gasteiger partial charge in [0.1, 0.15) is 0 Å². The Morgan fingerprint density at radius 2 is 2.23 bits per heavy atom. The summed E-state index contributed by atoms with van der Waals surface area (Å²) >= 11 is 9.04. The summed E-state index contributed by atoms with van der Waals surface area (Å²) < 4.78 is 0.860. The van der Waals surface area contributed by atoms with Gasteiger partial charge in [-0.2, -0.15) is 0 Å². The molecule has 0 radical (unpaired) electrons. The fourth-order valence-electron chi connectivity index (χ4n) is 0.947. The van der Waals surface area contributed by atoms with Crippen LogP contribution in [0.4, 0.5) is 0 Å². The van der Waals surface area contributed by atoms with Crippen LogP contribution in [0.15, 0.2) is 22.7 Å². The van der Waals surface area contributed by atoms with Crippen molar-refractivity contribution >= 4 is 27.5 Å². The molecular weight excluding hydrogens is 257 g/mol. The standard InChI is InChI=1S/C8H7BrClNO2/c9-8-2-1-7(10)5-6(8)3-4-11(12)13/h1-2,5H,3-4H2. The van der Waals surface area contributed by atoms with Gasteiger partial charge in [-0.15, -0.1) is 0 Å². The highest BCUT2D eigenvalue weighted by Crippen LogP contribution is 2.21. The summed E-state index contributed by atoms with van der Waals surface area (Å²) in [4.78, 5) is 9.79. The minimum absolute atomic E-state index is 0.0705. The van der Waals surface area contributed by atoms with Gasteiger partial charge in [-0.3, -0.25) is 10.1 Å². The first-order chi connectivity index (χ1) is 6.09. The van der Waals surface area contributed by atoms with E-state index in [1.807, 2.05) is 0 Å². The van der Waals surface area contributed by atoms with Crippen molar-refractivity contribution in [2.75, 3.05) is 6.54 Å². The molecule has 0 fully saturated rings. The molecule has 1 aromatic carbocycles. The van der Waals surface area contributed by atoms with E-state index in [4.69, 9.17) is 11.6 Å². The van der Waals surface area contributed by atoms with Crippen molar-refractivity contribution in [1.82, 2.24) is 0 Å². The molecule has 3 nitrogen and oxygen atoms in total. The van der Waals surface area contributed by atoms with Crippen LogP contribution in [0.25, 0.3) is 0 Å². The third-order valence-corrected chi connectivity index (χ3v) is 2.58. The van der Waals surface area contributed by atoms with Crippen molar-refractivity contribution in [2.45, 2.75) is 6.42 Å². The Morgan fingerprint density at radius 3 is 2.85 bits per heavy atom. The van der Waals surface area contributed by atoms with Crippen molar-refractivity contribution in [3.8, 4) is 0 Å². The zero-order valence-corrected chi connectivity index (χ0v) is 9.01. The van der Waals surface area contributed by atoms with Crippen molar-refractivity contribution in [3.05, 3.63) is 43.4 Å². The van der Waals surface area contributed by atoms with E-state index in [9.17, 15) is 10.1 Å². The van der Waals surface area contributed by atoms with Gasteiger partial charge >= 0.3 is 0 Å². The maximum atomic E-state index is 10.1. The second kappa shape index (κ2) is 4.58. The topological polar surface area (TPSA) is 43.1 Å². The Bertz CT molecular complexity index is 330. The summed E-state index contributed by atoms with van der Waals surface area (Å²) in [6.45, 7) is -0.0705. The van der Waals surface area contributed by atoms with Crippen LogP contribution in [0.2, 0.25) is 5.02 Å². The molecule has 0 saturated carbocycles. The minimum atomic E-state index is -0.340. The molecule has 70 valence electrons. The monoisotopic (exact) mass is 263 g/mol. The molecule has 0 heterocycles. The molecule has 0 atom stereocenters. The second-order valence-corrected chi connectivity index (χ2v) is 3.83. The van der Waals surface area contributed by atoms with Crippen LogP contribution in [-0.4, -0.2) is 11.5 Å². The van der Waals surface area contributed by atoms with Crippen LogP contribution in [-0.2, 0) is 6.42 Å². The first-order valence-corrected chi connectivity index (χ1v) is 4.82. The molecule has 0 aromatic heterocycles. The first-order valence-electron chi connectivity index (χ1n) is 3.65. The van der Waals surface area contributed by atoms with Gasteiger partial charge in [0, 0.05) is 20.8 Å². The Balaban J connectivity index is 2.75. The summed E-state index contributed by atoms with van der Waals surface area (Å²) in [5.74, 6) is 0. The molecule has 0 aliphatic heterocycles. The van der Waals surface area contributed by atoms with E-state index in [0.29, 0.717) is 11.4 Å². The highest BCUT2D eigenvalue weighted by atomic mass is 79.9. The van der Waals surface area contributed by atoms with E-state index in [2.05, 4.69) is 15.9 Å². The quantitative estimate of drug-likeness (QED) is 0.622. The highest BCUT2D eigenvalue weighted by Gasteiger charge is 2.04. The zero-order valence-electron chi connectivity index (χ0n) is 6.67. The Kier molecular flexibility index (Phi) is 3.69. The molecule has 1 aromatic rings. The van der Waals surface area contributed by atoms with E-state index in [1.54, 1.807) is 18.2 Å². The largest absolute Gasteiger partial charge is 0.265 e. The van der Waals surface area contributed by atoms with Crippen LogP contribution < -0.4 is 0 Å². The third kappa shape index (κ3) is 3.32.